The minimum Gasteiger partial charge on any atom is -0.493 e. The molecule has 2 aromatic carbocycles. The first-order valence-electron chi connectivity index (χ1n) is 8.72. The van der Waals surface area contributed by atoms with E-state index in [1.165, 1.54) is 6.07 Å². The Bertz CT molecular complexity index is 1020. The summed E-state index contributed by atoms with van der Waals surface area (Å²) < 4.78 is 32.2. The molecule has 0 saturated heterocycles. The van der Waals surface area contributed by atoms with Crippen LogP contribution < -0.4 is 14.8 Å². The van der Waals surface area contributed by atoms with Crippen LogP contribution in [-0.4, -0.2) is 33.3 Å². The number of fused-ring (bicyclic) bond motifs is 2. The van der Waals surface area contributed by atoms with Gasteiger partial charge in [0.15, 0.2) is 0 Å². The van der Waals surface area contributed by atoms with Gasteiger partial charge in [0.1, 0.15) is 11.6 Å². The van der Waals surface area contributed by atoms with Crippen molar-refractivity contribution in [2.24, 2.45) is 4.99 Å². The van der Waals surface area contributed by atoms with E-state index < -0.39 is 10.0 Å². The number of amidine groups is 1. The van der Waals surface area contributed by atoms with Gasteiger partial charge in [-0.2, -0.15) is 0 Å². The van der Waals surface area contributed by atoms with Gasteiger partial charge in [0, 0.05) is 24.0 Å². The Kier molecular flexibility index (Phi) is 4.57. The third-order valence-electron chi connectivity index (χ3n) is 4.57. The topological polar surface area (TPSA) is 96.9 Å². The highest BCUT2D eigenvalue weighted by Gasteiger charge is 2.30. The minimum absolute atomic E-state index is 0.0826. The number of carbonyl (C=O) groups is 1. The van der Waals surface area contributed by atoms with Crippen LogP contribution in [0, 0.1) is 0 Å². The molecule has 1 atom stereocenters. The normalized spacial score (nSPS) is 20.9. The number of amides is 1. The van der Waals surface area contributed by atoms with Gasteiger partial charge in [0.2, 0.25) is 5.91 Å². The minimum atomic E-state index is -3.56. The first-order chi connectivity index (χ1) is 13.0. The molecule has 2 heterocycles. The Balaban J connectivity index is 1.39. The lowest BCUT2D eigenvalue weighted by Crippen LogP contribution is -2.32. The third kappa shape index (κ3) is 3.52. The number of carbonyl (C=O) groups excluding carboxylic acids is 1. The van der Waals surface area contributed by atoms with Gasteiger partial charge in [-0.1, -0.05) is 30.3 Å². The van der Waals surface area contributed by atoms with E-state index in [-0.39, 0.29) is 35.6 Å². The van der Waals surface area contributed by atoms with Crippen molar-refractivity contribution in [1.29, 1.82) is 0 Å². The van der Waals surface area contributed by atoms with Crippen molar-refractivity contribution < 1.29 is 17.9 Å². The summed E-state index contributed by atoms with van der Waals surface area (Å²) >= 11 is 0. The molecule has 0 radical (unpaired) electrons. The van der Waals surface area contributed by atoms with Crippen molar-refractivity contribution >= 4 is 21.8 Å². The van der Waals surface area contributed by atoms with Gasteiger partial charge in [0.05, 0.1) is 24.1 Å². The summed E-state index contributed by atoms with van der Waals surface area (Å²) in [6.07, 6.45) is 0.886. The maximum absolute atomic E-state index is 12.3. The number of ether oxygens (including phenoxy) is 1. The molecule has 27 heavy (non-hydrogen) atoms. The summed E-state index contributed by atoms with van der Waals surface area (Å²) in [7, 11) is -3.56. The Labute approximate surface area is 157 Å². The molecule has 1 amide bonds. The summed E-state index contributed by atoms with van der Waals surface area (Å²) in [4.78, 5) is 16.8. The van der Waals surface area contributed by atoms with E-state index in [0.29, 0.717) is 18.6 Å². The highest BCUT2D eigenvalue weighted by Crippen LogP contribution is 2.31. The van der Waals surface area contributed by atoms with Crippen molar-refractivity contribution in [2.45, 2.75) is 23.8 Å². The van der Waals surface area contributed by atoms with Crippen LogP contribution in [0.15, 0.2) is 58.4 Å². The van der Waals surface area contributed by atoms with E-state index in [1.54, 1.807) is 18.2 Å². The van der Waals surface area contributed by atoms with Crippen LogP contribution in [0.5, 0.6) is 5.75 Å². The summed E-state index contributed by atoms with van der Waals surface area (Å²) in [5.74, 6) is 0.955. The van der Waals surface area contributed by atoms with Crippen LogP contribution in [0.25, 0.3) is 0 Å². The van der Waals surface area contributed by atoms with Crippen molar-refractivity contribution in [3.63, 3.8) is 0 Å². The Morgan fingerprint density at radius 1 is 1.19 bits per heavy atom. The van der Waals surface area contributed by atoms with Crippen LogP contribution in [0.4, 0.5) is 0 Å². The molecule has 4 rings (SSSR count). The van der Waals surface area contributed by atoms with E-state index in [0.717, 1.165) is 11.3 Å². The standard InChI is InChI=1S/C19H19N3O4S/c23-18(21-15-10-12-26-16-7-3-1-5-13(15)16)9-11-20-19-14-6-2-4-8-17(14)27(24,25)22-19/h1-8,15H,9-12H2,(H,20,22)(H,21,23). The van der Waals surface area contributed by atoms with Gasteiger partial charge in [-0.25, -0.2) is 8.42 Å². The monoisotopic (exact) mass is 385 g/mol. The van der Waals surface area contributed by atoms with Crippen LogP contribution >= 0.6 is 0 Å². The summed E-state index contributed by atoms with van der Waals surface area (Å²) in [6, 6.07) is 14.2. The third-order valence-corrected chi connectivity index (χ3v) is 5.96. The zero-order chi connectivity index (χ0) is 18.9. The Morgan fingerprint density at radius 3 is 2.85 bits per heavy atom. The lowest BCUT2D eigenvalue weighted by atomic mass is 10.0. The highest BCUT2D eigenvalue weighted by molar-refractivity contribution is 7.90. The molecule has 2 aromatic rings. The Hall–Kier alpha value is -2.87. The molecule has 140 valence electrons. The lowest BCUT2D eigenvalue weighted by molar-refractivity contribution is -0.121. The van der Waals surface area contributed by atoms with E-state index in [1.807, 2.05) is 24.3 Å². The first-order valence-corrected chi connectivity index (χ1v) is 10.2. The number of aliphatic imine (C=N–C) groups is 1. The molecule has 1 unspecified atom stereocenters. The number of nitrogens with one attached hydrogen (secondary N) is 2. The maximum Gasteiger partial charge on any atom is 0.263 e. The Morgan fingerprint density at radius 2 is 1.96 bits per heavy atom. The first kappa shape index (κ1) is 17.5. The van der Waals surface area contributed by atoms with E-state index in [9.17, 15) is 13.2 Å². The van der Waals surface area contributed by atoms with Crippen molar-refractivity contribution in [3.8, 4) is 5.75 Å². The molecule has 0 bridgehead atoms. The fourth-order valence-electron chi connectivity index (χ4n) is 3.28. The largest absolute Gasteiger partial charge is 0.493 e. The molecular formula is C19H19N3O4S. The van der Waals surface area contributed by atoms with Gasteiger partial charge in [-0.05, 0) is 18.2 Å². The van der Waals surface area contributed by atoms with Gasteiger partial charge >= 0.3 is 0 Å². The quantitative estimate of drug-likeness (QED) is 0.838. The molecule has 0 fully saturated rings. The second kappa shape index (κ2) is 7.03. The number of rotatable bonds is 4. The summed E-state index contributed by atoms with van der Waals surface area (Å²) in [5.41, 5.74) is 1.51. The fourth-order valence-corrected chi connectivity index (χ4v) is 4.53. The summed E-state index contributed by atoms with van der Waals surface area (Å²) in [5, 5.41) is 3.01. The van der Waals surface area contributed by atoms with E-state index >= 15 is 0 Å². The second-order valence-corrected chi connectivity index (χ2v) is 8.03. The predicted molar refractivity (Wildman–Crippen MR) is 100 cm³/mol. The van der Waals surface area contributed by atoms with E-state index in [4.69, 9.17) is 4.74 Å². The number of benzene rings is 2. The molecule has 2 N–H and O–H groups in total. The number of para-hydroxylation sites is 1. The number of nitrogens with zero attached hydrogens (tertiary/aromatic N) is 1. The van der Waals surface area contributed by atoms with E-state index in [2.05, 4.69) is 15.0 Å². The molecule has 2 aliphatic heterocycles. The average molecular weight is 385 g/mol. The lowest BCUT2D eigenvalue weighted by Gasteiger charge is -2.26. The molecule has 0 aliphatic carbocycles. The number of sulfonamides is 1. The maximum atomic E-state index is 12.3. The number of hydrogen-bond donors (Lipinski definition) is 2. The zero-order valence-electron chi connectivity index (χ0n) is 14.5. The SMILES string of the molecule is O=C(CCN=C1NS(=O)(=O)c2ccccc21)NC1CCOc2ccccc21. The molecule has 0 spiro atoms. The van der Waals surface area contributed by atoms with Gasteiger partial charge in [0.25, 0.3) is 10.0 Å². The average Bonchev–Trinajstić information content (AvgIpc) is 2.93. The molecule has 0 saturated carbocycles. The number of hydrogen-bond acceptors (Lipinski definition) is 5. The highest BCUT2D eigenvalue weighted by atomic mass is 32.2. The van der Waals surface area contributed by atoms with Gasteiger partial charge in [-0.15, -0.1) is 0 Å². The van der Waals surface area contributed by atoms with Crippen LogP contribution in [0.3, 0.4) is 0 Å². The van der Waals surface area contributed by atoms with Crippen LogP contribution in [0.2, 0.25) is 0 Å². The van der Waals surface area contributed by atoms with Crippen molar-refractivity contribution in [3.05, 3.63) is 59.7 Å². The van der Waals surface area contributed by atoms with Gasteiger partial charge in [-0.3, -0.25) is 14.5 Å². The molecular weight excluding hydrogens is 366 g/mol. The molecule has 0 aromatic heterocycles. The smallest absolute Gasteiger partial charge is 0.263 e. The van der Waals surface area contributed by atoms with Crippen molar-refractivity contribution in [1.82, 2.24) is 10.0 Å². The van der Waals surface area contributed by atoms with Crippen molar-refractivity contribution in [2.75, 3.05) is 13.2 Å². The molecule has 8 heteroatoms. The van der Waals surface area contributed by atoms with Crippen LogP contribution in [0.1, 0.15) is 30.0 Å². The molecule has 2 aliphatic rings. The zero-order valence-corrected chi connectivity index (χ0v) is 15.3. The molecule has 7 nitrogen and oxygen atoms in total. The summed E-state index contributed by atoms with van der Waals surface area (Å²) in [6.45, 7) is 0.756. The second-order valence-electron chi connectivity index (χ2n) is 6.38. The van der Waals surface area contributed by atoms with Gasteiger partial charge < -0.3 is 10.1 Å². The van der Waals surface area contributed by atoms with Crippen LogP contribution in [-0.2, 0) is 14.8 Å². The fraction of sp³-hybridized carbons (Fsp3) is 0.263. The predicted octanol–water partition coefficient (Wildman–Crippen LogP) is 1.76.